The Morgan fingerprint density at radius 1 is 1.03 bits per heavy atom. The summed E-state index contributed by atoms with van der Waals surface area (Å²) in [5, 5.41) is 17.9. The lowest BCUT2D eigenvalue weighted by Crippen LogP contribution is -2.45. The van der Waals surface area contributed by atoms with Crippen LogP contribution in [0.25, 0.3) is 16.5 Å². The number of rotatable bonds is 5. The Balaban J connectivity index is 1.97. The van der Waals surface area contributed by atoms with E-state index in [4.69, 9.17) is 9.47 Å². The van der Waals surface area contributed by atoms with Gasteiger partial charge in [0.05, 0.1) is 30.5 Å². The summed E-state index contributed by atoms with van der Waals surface area (Å²) in [5.74, 6) is 0.0274. The summed E-state index contributed by atoms with van der Waals surface area (Å²) < 4.78 is 10.7. The molecule has 0 aliphatic carbocycles. The predicted octanol–water partition coefficient (Wildman–Crippen LogP) is 4.27. The SMILES string of the molecule is COc1ccc(C2=C(C(=O)OC(C)C)C(c3c(O)ccc4ccccc34)NC(=O)N2)cc1. The second-order valence-corrected chi connectivity index (χ2v) is 7.72. The maximum atomic E-state index is 13.3. The van der Waals surface area contributed by atoms with E-state index < -0.39 is 18.0 Å². The van der Waals surface area contributed by atoms with Gasteiger partial charge in [-0.3, -0.25) is 0 Å². The van der Waals surface area contributed by atoms with Crippen LogP contribution in [0, 0.1) is 0 Å². The molecule has 7 heteroatoms. The summed E-state index contributed by atoms with van der Waals surface area (Å²) in [6, 6.07) is 16.4. The second kappa shape index (κ2) is 8.63. The summed E-state index contributed by atoms with van der Waals surface area (Å²) in [6.45, 7) is 3.51. The maximum absolute atomic E-state index is 13.3. The van der Waals surface area contributed by atoms with E-state index in [2.05, 4.69) is 10.6 Å². The third-order valence-corrected chi connectivity index (χ3v) is 5.25. The van der Waals surface area contributed by atoms with E-state index in [1.54, 1.807) is 57.4 Å². The molecule has 0 fully saturated rings. The molecule has 32 heavy (non-hydrogen) atoms. The first-order chi connectivity index (χ1) is 15.4. The quantitative estimate of drug-likeness (QED) is 0.523. The molecule has 3 aromatic carbocycles. The van der Waals surface area contributed by atoms with Crippen LogP contribution < -0.4 is 15.4 Å². The number of urea groups is 1. The smallest absolute Gasteiger partial charge is 0.338 e. The summed E-state index contributed by atoms with van der Waals surface area (Å²) in [6.07, 6.45) is -0.369. The largest absolute Gasteiger partial charge is 0.508 e. The Kier molecular flexibility index (Phi) is 5.73. The van der Waals surface area contributed by atoms with Crippen LogP contribution in [-0.2, 0) is 9.53 Å². The minimum absolute atomic E-state index is 0.0279. The highest BCUT2D eigenvalue weighted by atomic mass is 16.5. The number of phenols is 1. The number of methoxy groups -OCH3 is 1. The minimum Gasteiger partial charge on any atom is -0.508 e. The highest BCUT2D eigenvalue weighted by Gasteiger charge is 2.37. The van der Waals surface area contributed by atoms with E-state index in [1.165, 1.54) is 0 Å². The van der Waals surface area contributed by atoms with Crippen LogP contribution in [0.3, 0.4) is 0 Å². The number of esters is 1. The van der Waals surface area contributed by atoms with Crippen LogP contribution in [0.1, 0.15) is 31.0 Å². The molecule has 1 aliphatic heterocycles. The molecule has 0 spiro atoms. The molecule has 164 valence electrons. The normalized spacial score (nSPS) is 16.0. The highest BCUT2D eigenvalue weighted by molar-refractivity contribution is 6.06. The number of hydrogen-bond acceptors (Lipinski definition) is 5. The van der Waals surface area contributed by atoms with E-state index in [1.807, 2.05) is 24.3 Å². The van der Waals surface area contributed by atoms with Crippen molar-refractivity contribution in [1.29, 1.82) is 0 Å². The monoisotopic (exact) mass is 432 g/mol. The van der Waals surface area contributed by atoms with E-state index in [9.17, 15) is 14.7 Å². The predicted molar refractivity (Wildman–Crippen MR) is 121 cm³/mol. The van der Waals surface area contributed by atoms with Gasteiger partial charge < -0.3 is 25.2 Å². The Bertz CT molecular complexity index is 1210. The third kappa shape index (κ3) is 3.97. The van der Waals surface area contributed by atoms with Gasteiger partial charge in [0.15, 0.2) is 0 Å². The van der Waals surface area contributed by atoms with Crippen molar-refractivity contribution in [3.05, 3.63) is 77.4 Å². The first-order valence-electron chi connectivity index (χ1n) is 10.3. The Morgan fingerprint density at radius 2 is 1.75 bits per heavy atom. The van der Waals surface area contributed by atoms with Crippen LogP contribution in [0.5, 0.6) is 11.5 Å². The molecule has 1 atom stereocenters. The Morgan fingerprint density at radius 3 is 2.44 bits per heavy atom. The van der Waals surface area contributed by atoms with Crippen LogP contribution in [0.15, 0.2) is 66.2 Å². The van der Waals surface area contributed by atoms with Crippen molar-refractivity contribution in [1.82, 2.24) is 10.6 Å². The van der Waals surface area contributed by atoms with Gasteiger partial charge in [0.1, 0.15) is 11.5 Å². The Hall–Kier alpha value is -4.00. The van der Waals surface area contributed by atoms with Crippen molar-refractivity contribution in [2.75, 3.05) is 7.11 Å². The summed E-state index contributed by atoms with van der Waals surface area (Å²) in [5.41, 5.74) is 1.57. The zero-order valence-corrected chi connectivity index (χ0v) is 18.0. The molecule has 0 saturated heterocycles. The summed E-state index contributed by atoms with van der Waals surface area (Å²) >= 11 is 0. The number of hydrogen-bond donors (Lipinski definition) is 3. The van der Waals surface area contributed by atoms with Gasteiger partial charge in [-0.1, -0.05) is 30.3 Å². The zero-order chi connectivity index (χ0) is 22.8. The molecular weight excluding hydrogens is 408 g/mol. The molecule has 0 saturated carbocycles. The number of phenolic OH excluding ortho intramolecular Hbond substituents is 1. The summed E-state index contributed by atoms with van der Waals surface area (Å²) in [7, 11) is 1.56. The highest BCUT2D eigenvalue weighted by Crippen LogP contribution is 2.40. The standard InChI is InChI=1S/C25H24N2O5/c1-14(2)32-24(29)21-22(16-8-11-17(31-3)12-9-16)26-25(30)27-23(21)20-18-7-5-4-6-15(18)10-13-19(20)28/h4-14,23,28H,1-3H3,(H2,26,27,30). The number of benzene rings is 3. The van der Waals surface area contributed by atoms with Crippen LogP contribution in [0.4, 0.5) is 4.79 Å². The topological polar surface area (TPSA) is 96.9 Å². The van der Waals surface area contributed by atoms with Gasteiger partial charge in [0.2, 0.25) is 0 Å². The molecule has 0 radical (unpaired) electrons. The lowest BCUT2D eigenvalue weighted by atomic mass is 9.89. The van der Waals surface area contributed by atoms with Crippen LogP contribution in [-0.4, -0.2) is 30.3 Å². The van der Waals surface area contributed by atoms with E-state index in [0.717, 1.165) is 10.8 Å². The number of carbonyl (C=O) groups excluding carboxylic acids is 2. The fourth-order valence-corrected chi connectivity index (χ4v) is 3.85. The van der Waals surface area contributed by atoms with Crippen molar-refractivity contribution in [3.8, 4) is 11.5 Å². The molecule has 3 aromatic rings. The second-order valence-electron chi connectivity index (χ2n) is 7.72. The first-order valence-corrected chi connectivity index (χ1v) is 10.3. The average Bonchev–Trinajstić information content (AvgIpc) is 2.78. The number of ether oxygens (including phenoxy) is 2. The molecular formula is C25H24N2O5. The molecule has 4 rings (SSSR count). The average molecular weight is 432 g/mol. The molecule has 1 heterocycles. The number of fused-ring (bicyclic) bond motifs is 1. The molecule has 0 bridgehead atoms. The Labute approximate surface area is 185 Å². The fraction of sp³-hybridized carbons (Fsp3) is 0.200. The van der Waals surface area contributed by atoms with Gasteiger partial charge >= 0.3 is 12.0 Å². The summed E-state index contributed by atoms with van der Waals surface area (Å²) in [4.78, 5) is 26.0. The molecule has 1 aliphatic rings. The minimum atomic E-state index is -0.918. The van der Waals surface area contributed by atoms with Crippen molar-refractivity contribution >= 4 is 28.5 Å². The van der Waals surface area contributed by atoms with E-state index >= 15 is 0 Å². The van der Waals surface area contributed by atoms with Crippen LogP contribution >= 0.6 is 0 Å². The third-order valence-electron chi connectivity index (χ3n) is 5.25. The van der Waals surface area contributed by atoms with Gasteiger partial charge in [0, 0.05) is 5.56 Å². The fourth-order valence-electron chi connectivity index (χ4n) is 3.85. The van der Waals surface area contributed by atoms with Gasteiger partial charge in [0.25, 0.3) is 0 Å². The lowest BCUT2D eigenvalue weighted by molar-refractivity contribution is -0.143. The van der Waals surface area contributed by atoms with Crippen molar-refractivity contribution in [3.63, 3.8) is 0 Å². The number of amides is 2. The maximum Gasteiger partial charge on any atom is 0.338 e. The zero-order valence-electron chi connectivity index (χ0n) is 18.0. The van der Waals surface area contributed by atoms with Gasteiger partial charge in [-0.2, -0.15) is 0 Å². The molecule has 0 aromatic heterocycles. The van der Waals surface area contributed by atoms with Crippen molar-refractivity contribution < 1.29 is 24.2 Å². The van der Waals surface area contributed by atoms with E-state index in [0.29, 0.717) is 22.6 Å². The number of aromatic hydroxyl groups is 1. The number of carbonyl (C=O) groups is 2. The first kappa shape index (κ1) is 21.2. The van der Waals surface area contributed by atoms with Gasteiger partial charge in [-0.05, 0) is 60.5 Å². The van der Waals surface area contributed by atoms with Gasteiger partial charge in [-0.25, -0.2) is 9.59 Å². The molecule has 1 unspecified atom stereocenters. The molecule has 7 nitrogen and oxygen atoms in total. The lowest BCUT2D eigenvalue weighted by Gasteiger charge is -2.31. The van der Waals surface area contributed by atoms with E-state index in [-0.39, 0.29) is 17.4 Å². The molecule has 3 N–H and O–H groups in total. The van der Waals surface area contributed by atoms with Crippen molar-refractivity contribution in [2.24, 2.45) is 0 Å². The van der Waals surface area contributed by atoms with Crippen LogP contribution in [0.2, 0.25) is 0 Å². The molecule has 2 amide bonds. The number of nitrogens with one attached hydrogen (secondary N) is 2. The van der Waals surface area contributed by atoms with Gasteiger partial charge in [-0.15, -0.1) is 0 Å². The van der Waals surface area contributed by atoms with Crippen molar-refractivity contribution in [2.45, 2.75) is 26.0 Å².